The second kappa shape index (κ2) is 9.62. The van der Waals surface area contributed by atoms with E-state index in [2.05, 4.69) is 10.3 Å². The molecule has 3 aromatic rings. The van der Waals surface area contributed by atoms with Crippen LogP contribution in [0.5, 0.6) is 5.75 Å². The van der Waals surface area contributed by atoms with Crippen molar-refractivity contribution in [2.75, 3.05) is 6.54 Å². The Bertz CT molecular complexity index is 1370. The fourth-order valence-corrected chi connectivity index (χ4v) is 4.70. The number of rotatable bonds is 7. The summed E-state index contributed by atoms with van der Waals surface area (Å²) in [6.07, 6.45) is 7.01. The lowest BCUT2D eigenvalue weighted by Gasteiger charge is -2.43. The Hall–Kier alpha value is -3.91. The average molecular weight is 487 g/mol. The van der Waals surface area contributed by atoms with E-state index in [9.17, 15) is 14.7 Å². The molecule has 8 nitrogen and oxygen atoms in total. The van der Waals surface area contributed by atoms with Crippen molar-refractivity contribution in [3.63, 3.8) is 0 Å². The normalized spacial score (nSPS) is 20.0. The standard InChI is InChI=1S/C28H30N4O4/c1-16-23(28(35)32-15-24(33)17(32)2)14-30-26(16)25(11-12-29)36-20-9-10-21-18(13-20)5-3-8-22(21)27(34)31-19-6-4-7-19/h3,5,8-14,17,19,24,29-30,33H,4,6-7,15H2,1-2H3,(H,31,34)/b25-11+,29-12?. The number of aliphatic hydroxyl groups excluding tert-OH is 1. The number of ether oxygens (including phenoxy) is 1. The van der Waals surface area contributed by atoms with Gasteiger partial charge < -0.3 is 30.5 Å². The minimum absolute atomic E-state index is 0.0633. The Balaban J connectivity index is 1.39. The molecular formula is C28H30N4O4. The van der Waals surface area contributed by atoms with Crippen molar-refractivity contribution in [2.24, 2.45) is 0 Å². The molecule has 2 atom stereocenters. The number of aromatic nitrogens is 1. The van der Waals surface area contributed by atoms with E-state index in [0.29, 0.717) is 40.4 Å². The Labute approximate surface area is 209 Å². The molecule has 8 heteroatoms. The molecule has 1 saturated carbocycles. The molecular weight excluding hydrogens is 456 g/mol. The number of carbonyl (C=O) groups is 2. The Morgan fingerprint density at radius 1 is 1.22 bits per heavy atom. The zero-order valence-corrected chi connectivity index (χ0v) is 20.4. The fraction of sp³-hybridized carbons (Fsp3) is 0.321. The number of amides is 2. The summed E-state index contributed by atoms with van der Waals surface area (Å²) in [7, 11) is 0. The van der Waals surface area contributed by atoms with Gasteiger partial charge in [0.2, 0.25) is 0 Å². The number of aliphatic hydroxyl groups is 1. The van der Waals surface area contributed by atoms with Crippen molar-refractivity contribution >= 4 is 34.6 Å². The van der Waals surface area contributed by atoms with Crippen LogP contribution >= 0.6 is 0 Å². The van der Waals surface area contributed by atoms with Crippen molar-refractivity contribution < 1.29 is 19.4 Å². The molecule has 1 saturated heterocycles. The third-order valence-electron chi connectivity index (χ3n) is 7.31. The van der Waals surface area contributed by atoms with Crippen LogP contribution in [-0.2, 0) is 0 Å². The highest BCUT2D eigenvalue weighted by atomic mass is 16.5. The monoisotopic (exact) mass is 486 g/mol. The summed E-state index contributed by atoms with van der Waals surface area (Å²) in [5.41, 5.74) is 2.44. The van der Waals surface area contributed by atoms with Gasteiger partial charge in [0, 0.05) is 36.6 Å². The van der Waals surface area contributed by atoms with Gasteiger partial charge in [-0.05, 0) is 73.7 Å². The highest BCUT2D eigenvalue weighted by Gasteiger charge is 2.38. The molecule has 0 spiro atoms. The summed E-state index contributed by atoms with van der Waals surface area (Å²) in [6, 6.07) is 11.2. The van der Waals surface area contributed by atoms with Crippen LogP contribution in [0.2, 0.25) is 0 Å². The first-order valence-corrected chi connectivity index (χ1v) is 12.3. The molecule has 5 rings (SSSR count). The van der Waals surface area contributed by atoms with E-state index in [0.717, 1.165) is 36.2 Å². The Morgan fingerprint density at radius 2 is 2.03 bits per heavy atom. The predicted molar refractivity (Wildman–Crippen MR) is 138 cm³/mol. The molecule has 186 valence electrons. The maximum atomic E-state index is 12.9. The van der Waals surface area contributed by atoms with E-state index in [1.165, 1.54) is 6.08 Å². The van der Waals surface area contributed by atoms with Crippen molar-refractivity contribution in [3.8, 4) is 5.75 Å². The van der Waals surface area contributed by atoms with Gasteiger partial charge in [-0.3, -0.25) is 9.59 Å². The second-order valence-corrected chi connectivity index (χ2v) is 9.56. The van der Waals surface area contributed by atoms with E-state index in [1.54, 1.807) is 17.2 Å². The molecule has 0 radical (unpaired) electrons. The SMILES string of the molecule is Cc1c(C(=O)N2CC(O)C2C)c[nH]c1/C(=C\C=N)Oc1ccc2c(C(=O)NC3CCC3)cccc2c1. The first-order valence-electron chi connectivity index (χ1n) is 12.3. The summed E-state index contributed by atoms with van der Waals surface area (Å²) in [4.78, 5) is 30.5. The number of allylic oxidation sites excluding steroid dienone is 1. The van der Waals surface area contributed by atoms with E-state index < -0.39 is 6.10 Å². The van der Waals surface area contributed by atoms with Gasteiger partial charge in [-0.2, -0.15) is 0 Å². The van der Waals surface area contributed by atoms with Crippen LogP contribution in [0.3, 0.4) is 0 Å². The first-order chi connectivity index (χ1) is 17.4. The summed E-state index contributed by atoms with van der Waals surface area (Å²) < 4.78 is 6.17. The van der Waals surface area contributed by atoms with Crippen LogP contribution in [-0.4, -0.2) is 57.8 Å². The number of hydrogen-bond acceptors (Lipinski definition) is 5. The molecule has 4 N–H and O–H groups in total. The summed E-state index contributed by atoms with van der Waals surface area (Å²) in [5, 5.41) is 22.2. The van der Waals surface area contributed by atoms with Crippen LogP contribution in [0.1, 0.15) is 58.2 Å². The quantitative estimate of drug-likeness (QED) is 0.298. The molecule has 2 amide bonds. The molecule has 1 aliphatic carbocycles. The number of likely N-dealkylation sites (tertiary alicyclic amines) is 1. The second-order valence-electron chi connectivity index (χ2n) is 9.56. The number of nitrogens with one attached hydrogen (secondary N) is 3. The third kappa shape index (κ3) is 4.28. The van der Waals surface area contributed by atoms with Crippen LogP contribution in [0.25, 0.3) is 16.5 Å². The third-order valence-corrected chi connectivity index (χ3v) is 7.31. The van der Waals surface area contributed by atoms with Gasteiger partial charge in [0.1, 0.15) is 5.75 Å². The highest BCUT2D eigenvalue weighted by molar-refractivity contribution is 6.07. The lowest BCUT2D eigenvalue weighted by Crippen LogP contribution is -2.60. The van der Waals surface area contributed by atoms with E-state index >= 15 is 0 Å². The molecule has 0 bridgehead atoms. The van der Waals surface area contributed by atoms with Gasteiger partial charge in [-0.25, -0.2) is 0 Å². The fourth-order valence-electron chi connectivity index (χ4n) is 4.70. The van der Waals surface area contributed by atoms with Crippen molar-refractivity contribution in [1.29, 1.82) is 5.41 Å². The number of H-pyrrole nitrogens is 1. The summed E-state index contributed by atoms with van der Waals surface area (Å²) in [6.45, 7) is 3.96. The smallest absolute Gasteiger partial charge is 0.256 e. The maximum Gasteiger partial charge on any atom is 0.256 e. The molecule has 36 heavy (non-hydrogen) atoms. The summed E-state index contributed by atoms with van der Waals surface area (Å²) >= 11 is 0. The molecule has 2 fully saturated rings. The van der Waals surface area contributed by atoms with Crippen molar-refractivity contribution in [1.82, 2.24) is 15.2 Å². The zero-order valence-electron chi connectivity index (χ0n) is 20.4. The minimum Gasteiger partial charge on any atom is -0.455 e. The lowest BCUT2D eigenvalue weighted by atomic mass is 9.92. The molecule has 2 aliphatic rings. The number of nitrogens with zero attached hydrogens (tertiary/aromatic N) is 1. The first kappa shape index (κ1) is 23.8. The lowest BCUT2D eigenvalue weighted by molar-refractivity contribution is -0.0357. The summed E-state index contributed by atoms with van der Waals surface area (Å²) in [5.74, 6) is 0.733. The Morgan fingerprint density at radius 3 is 2.69 bits per heavy atom. The van der Waals surface area contributed by atoms with Gasteiger partial charge in [0.25, 0.3) is 11.8 Å². The molecule has 1 aromatic heterocycles. The van der Waals surface area contributed by atoms with Gasteiger partial charge in [0.05, 0.1) is 23.4 Å². The zero-order chi connectivity index (χ0) is 25.4. The van der Waals surface area contributed by atoms with E-state index in [1.807, 2.05) is 44.2 Å². The minimum atomic E-state index is -0.498. The molecule has 2 heterocycles. The van der Waals surface area contributed by atoms with E-state index in [-0.39, 0.29) is 23.9 Å². The topological polar surface area (TPSA) is 119 Å². The average Bonchev–Trinajstić information content (AvgIpc) is 3.24. The van der Waals surface area contributed by atoms with Gasteiger partial charge in [-0.1, -0.05) is 12.1 Å². The predicted octanol–water partition coefficient (Wildman–Crippen LogP) is 4.03. The number of fused-ring (bicyclic) bond motifs is 1. The number of carbonyl (C=O) groups excluding carboxylic acids is 2. The van der Waals surface area contributed by atoms with E-state index in [4.69, 9.17) is 10.1 Å². The molecule has 1 aliphatic heterocycles. The van der Waals surface area contributed by atoms with Crippen LogP contribution in [0.4, 0.5) is 0 Å². The maximum absolute atomic E-state index is 12.9. The van der Waals surface area contributed by atoms with Crippen LogP contribution < -0.4 is 10.1 Å². The number of hydrogen-bond donors (Lipinski definition) is 4. The molecule has 2 unspecified atom stereocenters. The van der Waals surface area contributed by atoms with Crippen molar-refractivity contribution in [2.45, 2.75) is 51.3 Å². The van der Waals surface area contributed by atoms with Gasteiger partial charge in [-0.15, -0.1) is 0 Å². The van der Waals surface area contributed by atoms with Gasteiger partial charge >= 0.3 is 0 Å². The number of β-amino-alcohol motifs (C(OH)–C–C–N with tert-alkyl or cyclic N) is 1. The van der Waals surface area contributed by atoms with Crippen LogP contribution in [0, 0.1) is 12.3 Å². The van der Waals surface area contributed by atoms with Crippen molar-refractivity contribution in [3.05, 3.63) is 71.1 Å². The Kier molecular flexibility index (Phi) is 6.36. The largest absolute Gasteiger partial charge is 0.455 e. The number of benzene rings is 2. The van der Waals surface area contributed by atoms with Crippen LogP contribution in [0.15, 0.2) is 48.7 Å². The van der Waals surface area contributed by atoms with Gasteiger partial charge in [0.15, 0.2) is 5.76 Å². The molecule has 2 aromatic carbocycles. The number of aromatic amines is 1. The highest BCUT2D eigenvalue weighted by Crippen LogP contribution is 2.30.